The number of anilines is 2. The summed E-state index contributed by atoms with van der Waals surface area (Å²) in [5.74, 6) is 0.594. The summed E-state index contributed by atoms with van der Waals surface area (Å²) in [6.07, 6.45) is 0. The maximum absolute atomic E-state index is 12.6. The summed E-state index contributed by atoms with van der Waals surface area (Å²) >= 11 is 6.03. The van der Waals surface area contributed by atoms with E-state index in [0.29, 0.717) is 29.5 Å². The summed E-state index contributed by atoms with van der Waals surface area (Å²) in [5.41, 5.74) is 4.42. The highest BCUT2D eigenvalue weighted by atomic mass is 35.5. The molecule has 3 rings (SSSR count). The zero-order valence-electron chi connectivity index (χ0n) is 15.4. The summed E-state index contributed by atoms with van der Waals surface area (Å²) in [5, 5.41) is 3.46. The van der Waals surface area contributed by atoms with E-state index in [1.54, 1.807) is 25.3 Å². The van der Waals surface area contributed by atoms with E-state index in [4.69, 9.17) is 16.3 Å². The lowest BCUT2D eigenvalue weighted by Gasteiger charge is -2.37. The highest BCUT2D eigenvalue weighted by molar-refractivity contribution is 6.31. The maximum Gasteiger partial charge on any atom is 0.322 e. The van der Waals surface area contributed by atoms with Gasteiger partial charge in [0, 0.05) is 36.9 Å². The maximum atomic E-state index is 12.6. The Morgan fingerprint density at radius 3 is 2.54 bits per heavy atom. The Balaban J connectivity index is 1.64. The van der Waals surface area contributed by atoms with Crippen molar-refractivity contribution in [3.63, 3.8) is 0 Å². The molecule has 138 valence electrons. The van der Waals surface area contributed by atoms with Crippen LogP contribution in [0.4, 0.5) is 16.2 Å². The van der Waals surface area contributed by atoms with Gasteiger partial charge < -0.3 is 19.9 Å². The summed E-state index contributed by atoms with van der Waals surface area (Å²) < 4.78 is 5.29. The third-order valence-electron chi connectivity index (χ3n) is 4.89. The quantitative estimate of drug-likeness (QED) is 0.871. The number of benzene rings is 2. The molecule has 1 saturated heterocycles. The van der Waals surface area contributed by atoms with Gasteiger partial charge in [-0.25, -0.2) is 4.79 Å². The Hall–Kier alpha value is -2.40. The molecule has 0 atom stereocenters. The minimum absolute atomic E-state index is 0.133. The Labute approximate surface area is 159 Å². The van der Waals surface area contributed by atoms with Crippen LogP contribution in [0.3, 0.4) is 0 Å². The van der Waals surface area contributed by atoms with Crippen LogP contribution in [0.5, 0.6) is 5.75 Å². The third kappa shape index (κ3) is 3.88. The molecule has 0 aliphatic carbocycles. The van der Waals surface area contributed by atoms with Crippen molar-refractivity contribution in [2.24, 2.45) is 0 Å². The number of urea groups is 1. The summed E-state index contributed by atoms with van der Waals surface area (Å²) in [4.78, 5) is 16.8. The number of amides is 2. The fourth-order valence-electron chi connectivity index (χ4n) is 3.20. The molecule has 0 radical (unpaired) electrons. The van der Waals surface area contributed by atoms with Gasteiger partial charge in [0.25, 0.3) is 0 Å². The van der Waals surface area contributed by atoms with Gasteiger partial charge in [-0.2, -0.15) is 0 Å². The number of hydrogen-bond donors (Lipinski definition) is 1. The molecule has 0 aromatic heterocycles. The van der Waals surface area contributed by atoms with Crippen molar-refractivity contribution in [2.75, 3.05) is 43.5 Å². The monoisotopic (exact) mass is 373 g/mol. The van der Waals surface area contributed by atoms with Crippen LogP contribution in [-0.4, -0.2) is 44.2 Å². The summed E-state index contributed by atoms with van der Waals surface area (Å²) in [6.45, 7) is 7.23. The van der Waals surface area contributed by atoms with Crippen LogP contribution in [0.15, 0.2) is 36.4 Å². The molecule has 0 spiro atoms. The van der Waals surface area contributed by atoms with Gasteiger partial charge in [-0.1, -0.05) is 23.7 Å². The highest BCUT2D eigenvalue weighted by Gasteiger charge is 2.23. The lowest BCUT2D eigenvalue weighted by atomic mass is 10.1. The van der Waals surface area contributed by atoms with Crippen LogP contribution in [0, 0.1) is 13.8 Å². The van der Waals surface area contributed by atoms with Gasteiger partial charge in [-0.05, 0) is 49.2 Å². The van der Waals surface area contributed by atoms with Gasteiger partial charge in [-0.15, -0.1) is 0 Å². The molecule has 26 heavy (non-hydrogen) atoms. The average molecular weight is 374 g/mol. The average Bonchev–Trinajstić information content (AvgIpc) is 2.64. The Bertz CT molecular complexity index is 802. The van der Waals surface area contributed by atoms with Gasteiger partial charge in [0.1, 0.15) is 5.75 Å². The fraction of sp³-hybridized carbons (Fsp3) is 0.350. The first kappa shape index (κ1) is 18.4. The van der Waals surface area contributed by atoms with E-state index in [2.05, 4.69) is 42.3 Å². The molecule has 1 aliphatic rings. The zero-order valence-corrected chi connectivity index (χ0v) is 16.1. The lowest BCUT2D eigenvalue weighted by Crippen LogP contribution is -2.50. The smallest absolute Gasteiger partial charge is 0.322 e. The fourth-order valence-corrected chi connectivity index (χ4v) is 3.37. The van der Waals surface area contributed by atoms with Gasteiger partial charge in [0.2, 0.25) is 0 Å². The number of carbonyl (C=O) groups is 1. The molecular formula is C20H24ClN3O2. The SMILES string of the molecule is COc1ccc(Cl)cc1NC(=O)N1CCN(c2cccc(C)c2C)CC1. The lowest BCUT2D eigenvalue weighted by molar-refractivity contribution is 0.208. The van der Waals surface area contributed by atoms with E-state index in [1.807, 2.05) is 4.90 Å². The van der Waals surface area contributed by atoms with E-state index in [-0.39, 0.29) is 6.03 Å². The minimum atomic E-state index is -0.133. The molecule has 5 nitrogen and oxygen atoms in total. The normalized spacial score (nSPS) is 14.3. The van der Waals surface area contributed by atoms with Gasteiger partial charge >= 0.3 is 6.03 Å². The van der Waals surface area contributed by atoms with Crippen LogP contribution in [0.2, 0.25) is 5.02 Å². The first-order chi connectivity index (χ1) is 12.5. The third-order valence-corrected chi connectivity index (χ3v) is 5.12. The second-order valence-corrected chi connectivity index (χ2v) is 6.90. The molecule has 0 saturated carbocycles. The second-order valence-electron chi connectivity index (χ2n) is 6.47. The molecule has 6 heteroatoms. The van der Waals surface area contributed by atoms with E-state index in [0.717, 1.165) is 13.1 Å². The second kappa shape index (κ2) is 7.87. The van der Waals surface area contributed by atoms with Gasteiger partial charge in [0.05, 0.1) is 12.8 Å². The van der Waals surface area contributed by atoms with Crippen LogP contribution in [-0.2, 0) is 0 Å². The number of halogens is 1. The van der Waals surface area contributed by atoms with Gasteiger partial charge in [-0.3, -0.25) is 0 Å². The van der Waals surface area contributed by atoms with Crippen LogP contribution in [0.25, 0.3) is 0 Å². The van der Waals surface area contributed by atoms with Crippen molar-refractivity contribution in [2.45, 2.75) is 13.8 Å². The first-order valence-corrected chi connectivity index (χ1v) is 9.08. The van der Waals surface area contributed by atoms with Crippen LogP contribution < -0.4 is 15.0 Å². The number of ether oxygens (including phenoxy) is 1. The summed E-state index contributed by atoms with van der Waals surface area (Å²) in [7, 11) is 1.57. The number of rotatable bonds is 3. The molecule has 1 aliphatic heterocycles. The largest absolute Gasteiger partial charge is 0.495 e. The molecule has 2 aromatic carbocycles. The molecule has 2 amide bonds. The topological polar surface area (TPSA) is 44.8 Å². The van der Waals surface area contributed by atoms with Crippen molar-refractivity contribution < 1.29 is 9.53 Å². The Kier molecular flexibility index (Phi) is 5.57. The number of carbonyl (C=O) groups excluding carboxylic acids is 1. The van der Waals surface area contributed by atoms with E-state index >= 15 is 0 Å². The van der Waals surface area contributed by atoms with Crippen molar-refractivity contribution >= 4 is 29.0 Å². The summed E-state index contributed by atoms with van der Waals surface area (Å²) in [6, 6.07) is 11.4. The number of nitrogens with one attached hydrogen (secondary N) is 1. The molecule has 0 bridgehead atoms. The number of aryl methyl sites for hydroxylation is 1. The highest BCUT2D eigenvalue weighted by Crippen LogP contribution is 2.28. The molecule has 1 N–H and O–H groups in total. The first-order valence-electron chi connectivity index (χ1n) is 8.70. The Morgan fingerprint density at radius 2 is 1.85 bits per heavy atom. The minimum Gasteiger partial charge on any atom is -0.495 e. The molecular weight excluding hydrogens is 350 g/mol. The number of piperazine rings is 1. The molecule has 0 unspecified atom stereocenters. The van der Waals surface area contributed by atoms with Crippen molar-refractivity contribution in [3.05, 3.63) is 52.5 Å². The number of methoxy groups -OCH3 is 1. The van der Waals surface area contributed by atoms with E-state index in [1.165, 1.54) is 16.8 Å². The standard InChI is InChI=1S/C20H24ClN3O2/c1-14-5-4-6-18(15(14)2)23-9-11-24(12-10-23)20(25)22-17-13-16(21)7-8-19(17)26-3/h4-8,13H,9-12H2,1-3H3,(H,22,25). The van der Waals surface area contributed by atoms with Crippen molar-refractivity contribution in [1.82, 2.24) is 4.90 Å². The number of nitrogens with zero attached hydrogens (tertiary/aromatic N) is 2. The van der Waals surface area contributed by atoms with Crippen LogP contribution >= 0.6 is 11.6 Å². The Morgan fingerprint density at radius 1 is 1.12 bits per heavy atom. The van der Waals surface area contributed by atoms with Crippen molar-refractivity contribution in [3.8, 4) is 5.75 Å². The predicted molar refractivity (Wildman–Crippen MR) is 107 cm³/mol. The van der Waals surface area contributed by atoms with Gasteiger partial charge in [0.15, 0.2) is 0 Å². The predicted octanol–water partition coefficient (Wildman–Crippen LogP) is 4.32. The van der Waals surface area contributed by atoms with Crippen LogP contribution in [0.1, 0.15) is 11.1 Å². The molecule has 1 heterocycles. The van der Waals surface area contributed by atoms with E-state index < -0.39 is 0 Å². The molecule has 2 aromatic rings. The van der Waals surface area contributed by atoms with E-state index in [9.17, 15) is 4.79 Å². The van der Waals surface area contributed by atoms with Crippen molar-refractivity contribution in [1.29, 1.82) is 0 Å². The molecule has 1 fully saturated rings. The number of hydrogen-bond acceptors (Lipinski definition) is 3. The zero-order chi connectivity index (χ0) is 18.7.